The molecular weight excluding hydrogens is 413 g/mol. The van der Waals surface area contributed by atoms with Crippen LogP contribution >= 0.6 is 35.0 Å². The fourth-order valence-electron chi connectivity index (χ4n) is 3.56. The summed E-state index contributed by atoms with van der Waals surface area (Å²) in [5.41, 5.74) is 1.89. The van der Waals surface area contributed by atoms with Gasteiger partial charge in [-0.2, -0.15) is 0 Å². The number of fused-ring (bicyclic) bond motifs is 1. The molecule has 0 saturated heterocycles. The molecule has 1 aliphatic heterocycles. The lowest BCUT2D eigenvalue weighted by atomic mass is 9.83. The maximum Gasteiger partial charge on any atom is 0.230 e. The lowest BCUT2D eigenvalue weighted by Gasteiger charge is -2.41. The molecule has 0 spiro atoms. The summed E-state index contributed by atoms with van der Waals surface area (Å²) in [4.78, 5) is 12.6. The molecule has 2 aromatic rings. The Bertz CT molecular complexity index is 839. The van der Waals surface area contributed by atoms with Crippen LogP contribution in [0.5, 0.6) is 5.75 Å². The van der Waals surface area contributed by atoms with E-state index in [1.165, 1.54) is 0 Å². The number of para-hydroxylation sites is 1. The van der Waals surface area contributed by atoms with Gasteiger partial charge in [-0.15, -0.1) is 11.8 Å². The highest BCUT2D eigenvalue weighted by Gasteiger charge is 2.38. The summed E-state index contributed by atoms with van der Waals surface area (Å²) in [6.07, 6.45) is 2.62. The summed E-state index contributed by atoms with van der Waals surface area (Å²) < 4.78 is 6.31. The Kier molecular flexibility index (Phi) is 7.19. The molecule has 0 radical (unpaired) electrons. The molecule has 2 aromatic carbocycles. The van der Waals surface area contributed by atoms with E-state index in [0.29, 0.717) is 21.6 Å². The molecule has 0 unspecified atom stereocenters. The monoisotopic (exact) mass is 437 g/mol. The van der Waals surface area contributed by atoms with E-state index in [-0.39, 0.29) is 17.6 Å². The zero-order valence-electron chi connectivity index (χ0n) is 16.1. The first-order valence-electron chi connectivity index (χ1n) is 9.55. The zero-order chi connectivity index (χ0) is 20.1. The number of halogens is 2. The number of ether oxygens (including phenoxy) is 1. The Balaban J connectivity index is 1.61. The van der Waals surface area contributed by atoms with Crippen molar-refractivity contribution in [3.8, 4) is 5.75 Å². The first-order chi connectivity index (χ1) is 13.5. The molecule has 28 heavy (non-hydrogen) atoms. The number of rotatable bonds is 7. The van der Waals surface area contributed by atoms with Gasteiger partial charge in [0.25, 0.3) is 0 Å². The van der Waals surface area contributed by atoms with Gasteiger partial charge in [0.2, 0.25) is 5.91 Å². The van der Waals surface area contributed by atoms with Crippen LogP contribution in [-0.4, -0.2) is 17.3 Å². The molecule has 1 atom stereocenters. The maximum absolute atomic E-state index is 12.6. The van der Waals surface area contributed by atoms with E-state index in [0.717, 1.165) is 36.1 Å². The van der Waals surface area contributed by atoms with E-state index in [4.69, 9.17) is 27.9 Å². The van der Waals surface area contributed by atoms with E-state index in [1.807, 2.05) is 36.4 Å². The molecule has 150 valence electrons. The van der Waals surface area contributed by atoms with Crippen molar-refractivity contribution < 1.29 is 9.53 Å². The molecule has 1 aliphatic rings. The predicted octanol–water partition coefficient (Wildman–Crippen LogP) is 6.43. The second-order valence-corrected chi connectivity index (χ2v) is 8.90. The standard InChI is InChI=1S/C22H25Cl2NO2S/c1-3-22(4-2)12-19(16-7-5-6-8-20(16)27-22)25-21(26)14-28-13-15-9-10-17(23)18(24)11-15/h5-11,19H,3-4,12-14H2,1-2H3,(H,25,26)/t19-/m0/s1. The maximum atomic E-state index is 12.6. The predicted molar refractivity (Wildman–Crippen MR) is 119 cm³/mol. The Morgan fingerprint density at radius 2 is 1.93 bits per heavy atom. The number of nitrogens with one attached hydrogen (secondary N) is 1. The second-order valence-electron chi connectivity index (χ2n) is 7.10. The van der Waals surface area contributed by atoms with Crippen molar-refractivity contribution in [2.45, 2.75) is 50.5 Å². The molecule has 0 saturated carbocycles. The molecule has 1 amide bonds. The van der Waals surface area contributed by atoms with Crippen LogP contribution in [0.3, 0.4) is 0 Å². The largest absolute Gasteiger partial charge is 0.487 e. The van der Waals surface area contributed by atoms with Gasteiger partial charge in [-0.25, -0.2) is 0 Å². The average molecular weight is 438 g/mol. The highest BCUT2D eigenvalue weighted by Crippen LogP contribution is 2.42. The number of benzene rings is 2. The van der Waals surface area contributed by atoms with E-state index in [9.17, 15) is 4.79 Å². The van der Waals surface area contributed by atoms with Gasteiger partial charge in [-0.3, -0.25) is 4.79 Å². The van der Waals surface area contributed by atoms with Gasteiger partial charge in [0.15, 0.2) is 0 Å². The van der Waals surface area contributed by atoms with Gasteiger partial charge in [-0.05, 0) is 36.6 Å². The van der Waals surface area contributed by atoms with Crippen LogP contribution in [-0.2, 0) is 10.5 Å². The normalized spacial score (nSPS) is 17.5. The summed E-state index contributed by atoms with van der Waals surface area (Å²) in [7, 11) is 0. The number of carbonyl (C=O) groups excluding carboxylic acids is 1. The molecule has 1 heterocycles. The number of hydrogen-bond acceptors (Lipinski definition) is 3. The Hall–Kier alpha value is -1.36. The molecule has 0 aromatic heterocycles. The summed E-state index contributed by atoms with van der Waals surface area (Å²) in [5, 5.41) is 4.30. The van der Waals surface area contributed by atoms with Crippen LogP contribution < -0.4 is 10.1 Å². The Labute approximate surface area is 181 Å². The van der Waals surface area contributed by atoms with Crippen LogP contribution in [0.1, 0.15) is 50.3 Å². The number of hydrogen-bond donors (Lipinski definition) is 1. The van der Waals surface area contributed by atoms with Gasteiger partial charge >= 0.3 is 0 Å². The van der Waals surface area contributed by atoms with E-state index < -0.39 is 0 Å². The highest BCUT2D eigenvalue weighted by molar-refractivity contribution is 7.99. The summed E-state index contributed by atoms with van der Waals surface area (Å²) >= 11 is 13.6. The van der Waals surface area contributed by atoms with E-state index >= 15 is 0 Å². The third-order valence-electron chi connectivity index (χ3n) is 5.31. The fraction of sp³-hybridized carbons (Fsp3) is 0.409. The second kappa shape index (κ2) is 9.43. The minimum atomic E-state index is -0.223. The first kappa shape index (κ1) is 21.4. The molecule has 1 N–H and O–H groups in total. The molecular formula is C22H25Cl2NO2S. The topological polar surface area (TPSA) is 38.3 Å². The summed E-state index contributed by atoms with van der Waals surface area (Å²) in [6, 6.07) is 13.5. The summed E-state index contributed by atoms with van der Waals surface area (Å²) in [6.45, 7) is 4.28. The van der Waals surface area contributed by atoms with Gasteiger partial charge < -0.3 is 10.1 Å². The van der Waals surface area contributed by atoms with Crippen molar-refractivity contribution in [1.82, 2.24) is 5.32 Å². The van der Waals surface area contributed by atoms with Gasteiger partial charge in [0.1, 0.15) is 11.4 Å². The van der Waals surface area contributed by atoms with Crippen LogP contribution in [0.2, 0.25) is 10.0 Å². The Morgan fingerprint density at radius 3 is 2.64 bits per heavy atom. The molecule has 6 heteroatoms. The number of carbonyl (C=O) groups is 1. The van der Waals surface area contributed by atoms with Crippen molar-refractivity contribution in [1.29, 1.82) is 0 Å². The highest BCUT2D eigenvalue weighted by atomic mass is 35.5. The minimum absolute atomic E-state index is 0.0251. The first-order valence-corrected chi connectivity index (χ1v) is 11.5. The third-order valence-corrected chi connectivity index (χ3v) is 7.05. The lowest BCUT2D eigenvalue weighted by Crippen LogP contribution is -2.44. The molecule has 0 bridgehead atoms. The smallest absolute Gasteiger partial charge is 0.230 e. The summed E-state index contributed by atoms with van der Waals surface area (Å²) in [5.74, 6) is 2.02. The van der Waals surface area contributed by atoms with Gasteiger partial charge in [-0.1, -0.05) is 61.3 Å². The fourth-order valence-corrected chi connectivity index (χ4v) is 4.66. The quantitative estimate of drug-likeness (QED) is 0.542. The van der Waals surface area contributed by atoms with Crippen molar-refractivity contribution in [3.05, 3.63) is 63.6 Å². The van der Waals surface area contributed by atoms with Crippen LogP contribution in [0.25, 0.3) is 0 Å². The van der Waals surface area contributed by atoms with Crippen LogP contribution in [0.4, 0.5) is 0 Å². The molecule has 3 nitrogen and oxygen atoms in total. The van der Waals surface area contributed by atoms with E-state index in [2.05, 4.69) is 19.2 Å². The van der Waals surface area contributed by atoms with Gasteiger partial charge in [0.05, 0.1) is 21.8 Å². The zero-order valence-corrected chi connectivity index (χ0v) is 18.5. The number of thioether (sulfide) groups is 1. The SMILES string of the molecule is CCC1(CC)C[C@H](NC(=O)CSCc2ccc(Cl)c(Cl)c2)c2ccccc2O1. The minimum Gasteiger partial charge on any atom is -0.487 e. The third kappa shape index (κ3) is 4.97. The molecule has 0 fully saturated rings. The van der Waals surface area contributed by atoms with Gasteiger partial charge in [0, 0.05) is 17.7 Å². The molecule has 0 aliphatic carbocycles. The van der Waals surface area contributed by atoms with E-state index in [1.54, 1.807) is 17.8 Å². The Morgan fingerprint density at radius 1 is 1.18 bits per heavy atom. The van der Waals surface area contributed by atoms with Crippen molar-refractivity contribution in [2.75, 3.05) is 5.75 Å². The van der Waals surface area contributed by atoms with Crippen molar-refractivity contribution in [3.63, 3.8) is 0 Å². The van der Waals surface area contributed by atoms with Crippen molar-refractivity contribution in [2.24, 2.45) is 0 Å². The van der Waals surface area contributed by atoms with Crippen LogP contribution in [0.15, 0.2) is 42.5 Å². The van der Waals surface area contributed by atoms with Crippen molar-refractivity contribution >= 4 is 40.9 Å². The molecule has 3 rings (SSSR count). The lowest BCUT2D eigenvalue weighted by molar-refractivity contribution is -0.120. The average Bonchev–Trinajstić information content (AvgIpc) is 2.70. The van der Waals surface area contributed by atoms with Crippen LogP contribution in [0, 0.1) is 0 Å². The number of amides is 1.